The van der Waals surface area contributed by atoms with Crippen molar-refractivity contribution in [2.24, 2.45) is 46.3 Å². The van der Waals surface area contributed by atoms with Gasteiger partial charge in [0.2, 0.25) is 0 Å². The molecule has 0 amide bonds. The van der Waals surface area contributed by atoms with Crippen molar-refractivity contribution < 1.29 is 0 Å². The van der Waals surface area contributed by atoms with Crippen molar-refractivity contribution in [2.45, 2.75) is 47.0 Å². The lowest BCUT2D eigenvalue weighted by atomic mass is 9.57. The van der Waals surface area contributed by atoms with E-state index in [4.69, 9.17) is 0 Å². The summed E-state index contributed by atoms with van der Waals surface area (Å²) in [5, 5.41) is 0. The highest BCUT2D eigenvalue weighted by Gasteiger charge is 2.64. The number of hydrogen-bond acceptors (Lipinski definition) is 0. The van der Waals surface area contributed by atoms with Crippen molar-refractivity contribution in [3.05, 3.63) is 12.2 Å². The molecule has 94 valence electrons. The predicted molar refractivity (Wildman–Crippen MR) is 71.5 cm³/mol. The van der Waals surface area contributed by atoms with E-state index in [0.717, 1.165) is 35.5 Å². The molecule has 3 fully saturated rings. The standard InChI is InChI=1S/C17H26/c1-16(2)9-17(3,4)13-8-12(16)14-10-5-6-11(7-10)15(13)14/h5-6,10-15H,7-9H2,1-4H3. The Balaban J connectivity index is 1.82. The molecule has 4 aliphatic carbocycles. The van der Waals surface area contributed by atoms with Crippen LogP contribution < -0.4 is 0 Å². The third kappa shape index (κ3) is 1.15. The average Bonchev–Trinajstić information content (AvgIpc) is 2.85. The second-order valence-electron chi connectivity index (χ2n) is 8.71. The molecule has 6 atom stereocenters. The summed E-state index contributed by atoms with van der Waals surface area (Å²) in [6.45, 7) is 10.2. The molecule has 6 unspecified atom stereocenters. The van der Waals surface area contributed by atoms with E-state index in [1.807, 2.05) is 0 Å². The molecule has 0 aromatic carbocycles. The van der Waals surface area contributed by atoms with Crippen LogP contribution in [0.1, 0.15) is 47.0 Å². The molecule has 4 rings (SSSR count). The maximum Gasteiger partial charge on any atom is -0.0194 e. The first kappa shape index (κ1) is 10.6. The molecule has 3 saturated carbocycles. The third-order valence-corrected chi connectivity index (χ3v) is 6.94. The number of hydrogen-bond donors (Lipinski definition) is 0. The van der Waals surface area contributed by atoms with Gasteiger partial charge >= 0.3 is 0 Å². The Kier molecular flexibility index (Phi) is 1.77. The van der Waals surface area contributed by atoms with Gasteiger partial charge in [0.25, 0.3) is 0 Å². The van der Waals surface area contributed by atoms with Gasteiger partial charge in [-0.25, -0.2) is 0 Å². The highest BCUT2D eigenvalue weighted by molar-refractivity contribution is 5.22. The summed E-state index contributed by atoms with van der Waals surface area (Å²) in [5.74, 6) is 6.04. The molecule has 0 N–H and O–H groups in total. The minimum atomic E-state index is 0.581. The molecule has 0 heteroatoms. The van der Waals surface area contributed by atoms with Gasteiger partial charge in [0.1, 0.15) is 0 Å². The summed E-state index contributed by atoms with van der Waals surface area (Å²) in [5.41, 5.74) is 1.16. The number of allylic oxidation sites excluding steroid dienone is 2. The minimum absolute atomic E-state index is 0.581. The van der Waals surface area contributed by atoms with E-state index in [2.05, 4.69) is 39.8 Å². The van der Waals surface area contributed by atoms with Crippen molar-refractivity contribution in [3.63, 3.8) is 0 Å². The molecule has 4 aliphatic rings. The largest absolute Gasteiger partial charge is 0.0848 e. The summed E-state index contributed by atoms with van der Waals surface area (Å²) < 4.78 is 0. The summed E-state index contributed by atoms with van der Waals surface area (Å²) in [7, 11) is 0. The zero-order chi connectivity index (χ0) is 12.0. The smallest absolute Gasteiger partial charge is 0.0194 e. The molecule has 0 heterocycles. The molecule has 0 aromatic rings. The van der Waals surface area contributed by atoms with E-state index < -0.39 is 0 Å². The van der Waals surface area contributed by atoms with Crippen LogP contribution in [0.5, 0.6) is 0 Å². The van der Waals surface area contributed by atoms with Gasteiger partial charge in [-0.2, -0.15) is 0 Å². The molecule has 0 aliphatic heterocycles. The lowest BCUT2D eigenvalue weighted by molar-refractivity contribution is 0.0187. The summed E-state index contributed by atoms with van der Waals surface area (Å²) in [6, 6.07) is 0. The van der Waals surface area contributed by atoms with Crippen molar-refractivity contribution >= 4 is 0 Å². The molecule has 0 nitrogen and oxygen atoms in total. The highest BCUT2D eigenvalue weighted by atomic mass is 14.7. The Morgan fingerprint density at radius 2 is 1.24 bits per heavy atom. The lowest BCUT2D eigenvalue weighted by Crippen LogP contribution is -2.39. The van der Waals surface area contributed by atoms with Gasteiger partial charge in [0.05, 0.1) is 0 Å². The van der Waals surface area contributed by atoms with Crippen molar-refractivity contribution in [2.75, 3.05) is 0 Å². The summed E-state index contributed by atoms with van der Waals surface area (Å²) in [4.78, 5) is 0. The Morgan fingerprint density at radius 1 is 0.765 bits per heavy atom. The van der Waals surface area contributed by atoms with Crippen LogP contribution in [0.25, 0.3) is 0 Å². The quantitative estimate of drug-likeness (QED) is 0.424. The van der Waals surface area contributed by atoms with Crippen molar-refractivity contribution in [1.82, 2.24) is 0 Å². The van der Waals surface area contributed by atoms with Gasteiger partial charge in [-0.1, -0.05) is 39.8 Å². The number of rotatable bonds is 0. The summed E-state index contributed by atoms with van der Waals surface area (Å²) >= 11 is 0. The molecule has 0 spiro atoms. The highest BCUT2D eigenvalue weighted by Crippen LogP contribution is 2.71. The van der Waals surface area contributed by atoms with E-state index >= 15 is 0 Å². The summed E-state index contributed by atoms with van der Waals surface area (Å²) in [6.07, 6.45) is 9.60. The molecular weight excluding hydrogens is 204 g/mol. The van der Waals surface area contributed by atoms with Gasteiger partial charge in [-0.3, -0.25) is 0 Å². The van der Waals surface area contributed by atoms with Crippen LogP contribution in [0.4, 0.5) is 0 Å². The van der Waals surface area contributed by atoms with E-state index in [-0.39, 0.29) is 0 Å². The van der Waals surface area contributed by atoms with Crippen LogP contribution in [-0.4, -0.2) is 0 Å². The van der Waals surface area contributed by atoms with Crippen LogP contribution in [0.3, 0.4) is 0 Å². The fourth-order valence-electron chi connectivity index (χ4n) is 6.74. The van der Waals surface area contributed by atoms with Gasteiger partial charge in [0.15, 0.2) is 0 Å². The maximum atomic E-state index is 2.57. The monoisotopic (exact) mass is 230 g/mol. The number of fused-ring (bicyclic) bond motifs is 9. The third-order valence-electron chi connectivity index (χ3n) is 6.94. The molecule has 0 aromatic heterocycles. The fraction of sp³-hybridized carbons (Fsp3) is 0.882. The topological polar surface area (TPSA) is 0 Å². The van der Waals surface area contributed by atoms with Crippen LogP contribution in [0, 0.1) is 46.3 Å². The van der Waals surface area contributed by atoms with Crippen molar-refractivity contribution in [1.29, 1.82) is 0 Å². The first-order valence-corrected chi connectivity index (χ1v) is 7.58. The van der Waals surface area contributed by atoms with Gasteiger partial charge in [-0.15, -0.1) is 0 Å². The molecule has 0 saturated heterocycles. The Morgan fingerprint density at radius 3 is 1.71 bits per heavy atom. The second kappa shape index (κ2) is 2.83. The fourth-order valence-corrected chi connectivity index (χ4v) is 6.74. The van der Waals surface area contributed by atoms with E-state index in [9.17, 15) is 0 Å². The van der Waals surface area contributed by atoms with E-state index in [0.29, 0.717) is 10.8 Å². The molecule has 4 bridgehead atoms. The van der Waals surface area contributed by atoms with Gasteiger partial charge < -0.3 is 0 Å². The molecule has 17 heavy (non-hydrogen) atoms. The maximum absolute atomic E-state index is 2.57. The van der Waals surface area contributed by atoms with Crippen LogP contribution >= 0.6 is 0 Å². The predicted octanol–water partition coefficient (Wildman–Crippen LogP) is 4.52. The zero-order valence-corrected chi connectivity index (χ0v) is 11.7. The van der Waals surface area contributed by atoms with Crippen LogP contribution in [0.15, 0.2) is 12.2 Å². The lowest BCUT2D eigenvalue weighted by Gasteiger charge is -2.48. The van der Waals surface area contributed by atoms with Crippen molar-refractivity contribution in [3.8, 4) is 0 Å². The van der Waals surface area contributed by atoms with Crippen LogP contribution in [-0.2, 0) is 0 Å². The normalized spacial score (nSPS) is 56.2. The van der Waals surface area contributed by atoms with Gasteiger partial charge in [-0.05, 0) is 65.6 Å². The Labute approximate surface area is 106 Å². The SMILES string of the molecule is CC1(C)CC(C)(C)C2CC1C1C3C=CC(C3)C12. The molecular formula is C17H26. The van der Waals surface area contributed by atoms with E-state index in [1.165, 1.54) is 19.3 Å². The Bertz CT molecular complexity index is 353. The Hall–Kier alpha value is -0.260. The first-order valence-electron chi connectivity index (χ1n) is 7.58. The first-order chi connectivity index (χ1) is 7.90. The van der Waals surface area contributed by atoms with Crippen LogP contribution in [0.2, 0.25) is 0 Å². The van der Waals surface area contributed by atoms with Gasteiger partial charge in [0, 0.05) is 0 Å². The average molecular weight is 230 g/mol. The van der Waals surface area contributed by atoms with E-state index in [1.54, 1.807) is 0 Å². The second-order valence-corrected chi connectivity index (χ2v) is 8.71. The minimum Gasteiger partial charge on any atom is -0.0848 e. The molecule has 0 radical (unpaired) electrons. The zero-order valence-electron chi connectivity index (χ0n) is 11.7.